The monoisotopic (exact) mass is 278 g/mol. The lowest BCUT2D eigenvalue weighted by Crippen LogP contribution is -2.45. The molecule has 0 aromatic rings. The molecule has 7 nitrogen and oxygen atoms in total. The fourth-order valence-corrected chi connectivity index (χ4v) is 3.33. The molecule has 8 heteroatoms. The molecule has 104 valence electrons. The van der Waals surface area contributed by atoms with Crippen LogP contribution in [0.15, 0.2) is 0 Å². The van der Waals surface area contributed by atoms with Crippen LogP contribution in [0, 0.1) is 0 Å². The Labute approximate surface area is 106 Å². The molecule has 0 spiro atoms. The van der Waals surface area contributed by atoms with E-state index in [0.717, 1.165) is 0 Å². The summed E-state index contributed by atoms with van der Waals surface area (Å²) in [4.78, 5) is 22.8. The van der Waals surface area contributed by atoms with E-state index in [4.69, 9.17) is 4.74 Å². The van der Waals surface area contributed by atoms with Crippen LogP contribution in [-0.4, -0.2) is 58.0 Å². The Kier molecular flexibility index (Phi) is 5.54. The van der Waals surface area contributed by atoms with Gasteiger partial charge >= 0.3 is 11.8 Å². The molecule has 1 aliphatic rings. The predicted molar refractivity (Wildman–Crippen MR) is 64.7 cm³/mol. The number of rotatable bonds is 5. The molecule has 0 saturated carbocycles. The van der Waals surface area contributed by atoms with Crippen LogP contribution >= 0.6 is 0 Å². The van der Waals surface area contributed by atoms with Gasteiger partial charge < -0.3 is 15.4 Å². The van der Waals surface area contributed by atoms with Crippen LogP contribution in [0.2, 0.25) is 0 Å². The third-order valence-electron chi connectivity index (χ3n) is 2.58. The van der Waals surface area contributed by atoms with Crippen LogP contribution in [0.1, 0.15) is 12.8 Å². The van der Waals surface area contributed by atoms with E-state index >= 15 is 0 Å². The molecule has 1 aliphatic heterocycles. The normalized spacial score (nSPS) is 21.5. The first-order valence-corrected chi connectivity index (χ1v) is 7.55. The van der Waals surface area contributed by atoms with Gasteiger partial charge in [0.25, 0.3) is 0 Å². The maximum absolute atomic E-state index is 11.4. The Balaban J connectivity index is 2.26. The lowest BCUT2D eigenvalue weighted by Gasteiger charge is -2.10. The van der Waals surface area contributed by atoms with E-state index in [-0.39, 0.29) is 11.5 Å². The topological polar surface area (TPSA) is 102 Å². The lowest BCUT2D eigenvalue weighted by molar-refractivity contribution is -0.139. The molecule has 0 aromatic carbocycles. The number of amides is 2. The van der Waals surface area contributed by atoms with E-state index in [0.29, 0.717) is 26.0 Å². The van der Waals surface area contributed by atoms with Crippen LogP contribution in [0.4, 0.5) is 0 Å². The van der Waals surface area contributed by atoms with Crippen molar-refractivity contribution in [3.05, 3.63) is 0 Å². The fraction of sp³-hybridized carbons (Fsp3) is 0.800. The van der Waals surface area contributed by atoms with Gasteiger partial charge in [-0.25, -0.2) is 8.42 Å². The van der Waals surface area contributed by atoms with E-state index < -0.39 is 27.7 Å². The molecule has 1 unspecified atom stereocenters. The third-order valence-corrected chi connectivity index (χ3v) is 4.35. The van der Waals surface area contributed by atoms with Crippen molar-refractivity contribution >= 4 is 21.7 Å². The summed E-state index contributed by atoms with van der Waals surface area (Å²) in [7, 11) is -1.50. The van der Waals surface area contributed by atoms with Crippen LogP contribution < -0.4 is 10.6 Å². The minimum atomic E-state index is -3.05. The minimum Gasteiger partial charge on any atom is -0.385 e. The van der Waals surface area contributed by atoms with Gasteiger partial charge in [0.2, 0.25) is 0 Å². The molecule has 0 aromatic heterocycles. The number of carbonyl (C=O) groups is 2. The molecule has 2 N–H and O–H groups in total. The Bertz CT molecular complexity index is 406. The number of hydrogen-bond donors (Lipinski definition) is 2. The van der Waals surface area contributed by atoms with Crippen LogP contribution in [0.5, 0.6) is 0 Å². The van der Waals surface area contributed by atoms with E-state index in [2.05, 4.69) is 10.6 Å². The standard InChI is InChI=1S/C10H18N2O5S/c1-17-5-2-4-11-9(13)10(14)12-8-3-6-18(15,16)7-8/h8H,2-7H2,1H3,(H,11,13)(H,12,14). The van der Waals surface area contributed by atoms with Gasteiger partial charge in [-0.1, -0.05) is 0 Å². The van der Waals surface area contributed by atoms with Crippen LogP contribution in [0.25, 0.3) is 0 Å². The maximum atomic E-state index is 11.4. The number of carbonyl (C=O) groups excluding carboxylic acids is 2. The number of methoxy groups -OCH3 is 1. The highest BCUT2D eigenvalue weighted by atomic mass is 32.2. The molecule has 1 heterocycles. The fourth-order valence-electron chi connectivity index (χ4n) is 1.66. The second kappa shape index (κ2) is 6.69. The number of nitrogens with one attached hydrogen (secondary N) is 2. The van der Waals surface area contributed by atoms with Crippen molar-refractivity contribution in [3.8, 4) is 0 Å². The van der Waals surface area contributed by atoms with Gasteiger partial charge in [0.05, 0.1) is 11.5 Å². The second-order valence-corrected chi connectivity index (χ2v) is 6.40. The van der Waals surface area contributed by atoms with Crippen molar-refractivity contribution in [2.24, 2.45) is 0 Å². The van der Waals surface area contributed by atoms with Gasteiger partial charge in [-0.05, 0) is 12.8 Å². The highest BCUT2D eigenvalue weighted by Crippen LogP contribution is 2.10. The Morgan fingerprint density at radius 1 is 1.33 bits per heavy atom. The first-order valence-electron chi connectivity index (χ1n) is 5.72. The summed E-state index contributed by atoms with van der Waals surface area (Å²) >= 11 is 0. The predicted octanol–water partition coefficient (Wildman–Crippen LogP) is -1.56. The summed E-state index contributed by atoms with van der Waals surface area (Å²) < 4.78 is 27.1. The Morgan fingerprint density at radius 2 is 2.06 bits per heavy atom. The maximum Gasteiger partial charge on any atom is 0.309 e. The zero-order valence-electron chi connectivity index (χ0n) is 10.3. The molecule has 1 fully saturated rings. The second-order valence-electron chi connectivity index (χ2n) is 4.18. The van der Waals surface area contributed by atoms with Crippen molar-refractivity contribution in [1.29, 1.82) is 0 Å². The van der Waals surface area contributed by atoms with E-state index in [1.807, 2.05) is 0 Å². The van der Waals surface area contributed by atoms with Gasteiger partial charge in [-0.15, -0.1) is 0 Å². The molecule has 0 bridgehead atoms. The molecule has 1 atom stereocenters. The van der Waals surface area contributed by atoms with E-state index in [1.165, 1.54) is 0 Å². The summed E-state index contributed by atoms with van der Waals surface area (Å²) in [6, 6.07) is -0.452. The van der Waals surface area contributed by atoms with Crippen molar-refractivity contribution in [2.45, 2.75) is 18.9 Å². The first-order chi connectivity index (χ1) is 8.44. The smallest absolute Gasteiger partial charge is 0.309 e. The van der Waals surface area contributed by atoms with Crippen molar-refractivity contribution in [2.75, 3.05) is 31.8 Å². The van der Waals surface area contributed by atoms with Crippen molar-refractivity contribution < 1.29 is 22.7 Å². The van der Waals surface area contributed by atoms with Crippen molar-refractivity contribution in [3.63, 3.8) is 0 Å². The first kappa shape index (κ1) is 14.9. The Morgan fingerprint density at radius 3 is 2.61 bits per heavy atom. The van der Waals surface area contributed by atoms with Crippen molar-refractivity contribution in [1.82, 2.24) is 10.6 Å². The molecule has 18 heavy (non-hydrogen) atoms. The van der Waals surface area contributed by atoms with Gasteiger partial charge in [0.1, 0.15) is 0 Å². The van der Waals surface area contributed by atoms with Gasteiger partial charge in [-0.3, -0.25) is 9.59 Å². The summed E-state index contributed by atoms with van der Waals surface area (Å²) in [5.74, 6) is -1.55. The average molecular weight is 278 g/mol. The van der Waals surface area contributed by atoms with Crippen LogP contribution in [0.3, 0.4) is 0 Å². The molecule has 1 saturated heterocycles. The lowest BCUT2D eigenvalue weighted by atomic mass is 10.2. The zero-order chi connectivity index (χ0) is 13.6. The summed E-state index contributed by atoms with van der Waals surface area (Å²) in [6.45, 7) is 0.853. The summed E-state index contributed by atoms with van der Waals surface area (Å²) in [6.07, 6.45) is 0.984. The average Bonchev–Trinajstić information content (AvgIpc) is 2.63. The Hall–Kier alpha value is -1.15. The van der Waals surface area contributed by atoms with Gasteiger partial charge in [0, 0.05) is 26.3 Å². The number of ether oxygens (including phenoxy) is 1. The highest BCUT2D eigenvalue weighted by Gasteiger charge is 2.30. The molecule has 2 amide bonds. The van der Waals surface area contributed by atoms with Crippen LogP contribution in [-0.2, 0) is 24.2 Å². The largest absolute Gasteiger partial charge is 0.385 e. The number of hydrogen-bond acceptors (Lipinski definition) is 5. The zero-order valence-corrected chi connectivity index (χ0v) is 11.1. The summed E-state index contributed by atoms with van der Waals surface area (Å²) in [5.41, 5.74) is 0. The van der Waals surface area contributed by atoms with E-state index in [1.54, 1.807) is 7.11 Å². The van der Waals surface area contributed by atoms with Gasteiger partial charge in [0.15, 0.2) is 9.84 Å². The third kappa shape index (κ3) is 5.01. The quantitative estimate of drug-likeness (QED) is 0.468. The SMILES string of the molecule is COCCCNC(=O)C(=O)NC1CCS(=O)(=O)C1. The highest BCUT2D eigenvalue weighted by molar-refractivity contribution is 7.91. The van der Waals surface area contributed by atoms with E-state index in [9.17, 15) is 18.0 Å². The van der Waals surface area contributed by atoms with Gasteiger partial charge in [-0.2, -0.15) is 0 Å². The molecular weight excluding hydrogens is 260 g/mol. The summed E-state index contributed by atoms with van der Waals surface area (Å²) in [5, 5.41) is 4.85. The molecule has 0 aliphatic carbocycles. The molecular formula is C10H18N2O5S. The number of sulfone groups is 1. The molecule has 1 rings (SSSR count). The molecule has 0 radical (unpaired) electrons. The minimum absolute atomic E-state index is 0.0629.